The van der Waals surface area contributed by atoms with Crippen molar-refractivity contribution >= 4 is 0 Å². The molecule has 1 aliphatic heterocycles. The number of hydrogen-bond donors (Lipinski definition) is 0. The number of aryl methyl sites for hydroxylation is 1. The normalized spacial score (nSPS) is 19.1. The molecule has 17 heavy (non-hydrogen) atoms. The van der Waals surface area contributed by atoms with E-state index in [2.05, 4.69) is 44.2 Å². The lowest BCUT2D eigenvalue weighted by atomic mass is 9.68. The van der Waals surface area contributed by atoms with E-state index in [1.165, 1.54) is 11.1 Å². The van der Waals surface area contributed by atoms with E-state index in [0.717, 1.165) is 12.8 Å². The molecule has 0 N–H and O–H groups in total. The summed E-state index contributed by atoms with van der Waals surface area (Å²) in [6.45, 7) is 5.60. The molecular weight excluding hydrogens is 210 g/mol. The third kappa shape index (κ3) is 1.96. The van der Waals surface area contributed by atoms with E-state index in [9.17, 15) is 5.26 Å². The van der Waals surface area contributed by atoms with Gasteiger partial charge in [0.2, 0.25) is 0 Å². The molecule has 0 spiro atoms. The van der Waals surface area contributed by atoms with Gasteiger partial charge in [-0.1, -0.05) is 38.1 Å². The lowest BCUT2D eigenvalue weighted by Crippen LogP contribution is -2.51. The maximum absolute atomic E-state index is 9.28. The highest BCUT2D eigenvalue weighted by atomic mass is 16.5. The predicted molar refractivity (Wildman–Crippen MR) is 67.7 cm³/mol. The van der Waals surface area contributed by atoms with Gasteiger partial charge >= 0.3 is 0 Å². The minimum absolute atomic E-state index is 0.0590. The Bertz CT molecular complexity index is 412. The van der Waals surface area contributed by atoms with Crippen LogP contribution in [0.25, 0.3) is 0 Å². The summed E-state index contributed by atoms with van der Waals surface area (Å²) >= 11 is 0. The predicted octanol–water partition coefficient (Wildman–Crippen LogP) is 3.07. The van der Waals surface area contributed by atoms with Gasteiger partial charge in [0.15, 0.2) is 0 Å². The fourth-order valence-corrected chi connectivity index (χ4v) is 2.57. The molecule has 0 saturated carbocycles. The topological polar surface area (TPSA) is 33.0 Å². The minimum Gasteiger partial charge on any atom is -0.379 e. The summed E-state index contributed by atoms with van der Waals surface area (Å²) in [4.78, 5) is 0. The molecule has 0 bridgehead atoms. The number of hydrogen-bond acceptors (Lipinski definition) is 2. The van der Waals surface area contributed by atoms with Crippen LogP contribution in [0, 0.1) is 17.2 Å². The molecule has 0 aromatic heterocycles. The van der Waals surface area contributed by atoms with E-state index in [0.29, 0.717) is 13.2 Å². The Morgan fingerprint density at radius 2 is 1.94 bits per heavy atom. The number of nitrogens with zero attached hydrogens (tertiary/aromatic N) is 1. The molecule has 1 aromatic rings. The summed E-state index contributed by atoms with van der Waals surface area (Å²) in [6, 6.07) is 11.1. The maximum atomic E-state index is 9.28. The molecule has 1 fully saturated rings. The van der Waals surface area contributed by atoms with Gasteiger partial charge in [-0.05, 0) is 24.0 Å². The SMILES string of the molecule is CCc1ccc(C2(C(C#N)CC)COC2)cc1. The monoisotopic (exact) mass is 229 g/mol. The van der Waals surface area contributed by atoms with Crippen molar-refractivity contribution in [1.82, 2.24) is 0 Å². The molecule has 2 nitrogen and oxygen atoms in total. The molecule has 1 unspecified atom stereocenters. The molecule has 90 valence electrons. The first-order chi connectivity index (χ1) is 8.26. The van der Waals surface area contributed by atoms with E-state index in [-0.39, 0.29) is 11.3 Å². The van der Waals surface area contributed by atoms with Crippen molar-refractivity contribution in [3.05, 3.63) is 35.4 Å². The van der Waals surface area contributed by atoms with Crippen LogP contribution in [0.1, 0.15) is 31.4 Å². The highest BCUT2D eigenvalue weighted by Crippen LogP contribution is 2.40. The molecule has 1 aromatic carbocycles. The fraction of sp³-hybridized carbons (Fsp3) is 0.533. The Hall–Kier alpha value is -1.33. The molecule has 1 aliphatic rings. The second-order valence-electron chi connectivity index (χ2n) is 4.79. The van der Waals surface area contributed by atoms with Crippen molar-refractivity contribution < 1.29 is 4.74 Å². The summed E-state index contributed by atoms with van der Waals surface area (Å²) in [6.07, 6.45) is 1.94. The van der Waals surface area contributed by atoms with Crippen LogP contribution in [0.15, 0.2) is 24.3 Å². The largest absolute Gasteiger partial charge is 0.379 e. The van der Waals surface area contributed by atoms with Crippen molar-refractivity contribution in [3.63, 3.8) is 0 Å². The van der Waals surface area contributed by atoms with Crippen molar-refractivity contribution in [2.24, 2.45) is 5.92 Å². The molecule has 1 heterocycles. The van der Waals surface area contributed by atoms with Crippen LogP contribution < -0.4 is 0 Å². The summed E-state index contributed by atoms with van der Waals surface area (Å²) < 4.78 is 5.38. The van der Waals surface area contributed by atoms with Crippen LogP contribution in [0.3, 0.4) is 0 Å². The van der Waals surface area contributed by atoms with Gasteiger partial charge in [-0.3, -0.25) is 0 Å². The second kappa shape index (κ2) is 4.89. The second-order valence-corrected chi connectivity index (χ2v) is 4.79. The number of nitriles is 1. The van der Waals surface area contributed by atoms with E-state index < -0.39 is 0 Å². The molecular formula is C15H19NO. The molecule has 2 heteroatoms. The highest BCUT2D eigenvalue weighted by Gasteiger charge is 2.46. The van der Waals surface area contributed by atoms with Crippen LogP contribution in [0.5, 0.6) is 0 Å². The Morgan fingerprint density at radius 3 is 2.29 bits per heavy atom. The summed E-state index contributed by atoms with van der Waals surface area (Å²) in [7, 11) is 0. The number of benzene rings is 1. The Kier molecular flexibility index (Phi) is 3.49. The average Bonchev–Trinajstić information content (AvgIpc) is 2.34. The molecule has 2 rings (SSSR count). The van der Waals surface area contributed by atoms with Gasteiger partial charge in [-0.25, -0.2) is 0 Å². The van der Waals surface area contributed by atoms with Gasteiger partial charge < -0.3 is 4.74 Å². The third-order valence-corrected chi connectivity index (χ3v) is 3.89. The third-order valence-electron chi connectivity index (χ3n) is 3.89. The van der Waals surface area contributed by atoms with Crippen molar-refractivity contribution in [2.75, 3.05) is 13.2 Å². The molecule has 0 radical (unpaired) electrons. The van der Waals surface area contributed by atoms with E-state index in [4.69, 9.17) is 4.74 Å². The van der Waals surface area contributed by atoms with Crippen molar-refractivity contribution in [1.29, 1.82) is 5.26 Å². The minimum atomic E-state index is -0.0598. The standard InChI is InChI=1S/C15H19NO/c1-3-12-5-7-14(8-6-12)15(10-17-11-15)13(4-2)9-16/h5-8,13H,3-4,10-11H2,1-2H3. The molecule has 1 saturated heterocycles. The van der Waals surface area contributed by atoms with Gasteiger partial charge in [0.05, 0.1) is 30.6 Å². The van der Waals surface area contributed by atoms with Crippen molar-refractivity contribution in [2.45, 2.75) is 32.1 Å². The van der Waals surface area contributed by atoms with Crippen LogP contribution in [-0.2, 0) is 16.6 Å². The summed E-state index contributed by atoms with van der Waals surface area (Å²) in [5.74, 6) is 0.0590. The lowest BCUT2D eigenvalue weighted by molar-refractivity contribution is -0.0804. The van der Waals surface area contributed by atoms with Gasteiger partial charge in [0, 0.05) is 0 Å². The van der Waals surface area contributed by atoms with E-state index in [1.807, 2.05) is 0 Å². The average molecular weight is 229 g/mol. The maximum Gasteiger partial charge on any atom is 0.0666 e. The first-order valence-corrected chi connectivity index (χ1v) is 6.33. The number of rotatable bonds is 4. The quantitative estimate of drug-likeness (QED) is 0.795. The van der Waals surface area contributed by atoms with Crippen LogP contribution in [-0.4, -0.2) is 13.2 Å². The lowest BCUT2D eigenvalue weighted by Gasteiger charge is -2.45. The van der Waals surface area contributed by atoms with E-state index >= 15 is 0 Å². The summed E-state index contributed by atoms with van der Waals surface area (Å²) in [5.41, 5.74) is 2.54. The Balaban J connectivity index is 2.31. The highest BCUT2D eigenvalue weighted by molar-refractivity contribution is 5.34. The summed E-state index contributed by atoms with van der Waals surface area (Å²) in [5, 5.41) is 9.28. The first-order valence-electron chi connectivity index (χ1n) is 6.33. The van der Waals surface area contributed by atoms with Crippen LogP contribution in [0.2, 0.25) is 0 Å². The fourth-order valence-electron chi connectivity index (χ4n) is 2.57. The smallest absolute Gasteiger partial charge is 0.0666 e. The Labute approximate surface area is 103 Å². The Morgan fingerprint density at radius 1 is 1.29 bits per heavy atom. The van der Waals surface area contributed by atoms with Crippen LogP contribution >= 0.6 is 0 Å². The van der Waals surface area contributed by atoms with Gasteiger partial charge in [0.1, 0.15) is 0 Å². The van der Waals surface area contributed by atoms with Gasteiger partial charge in [0.25, 0.3) is 0 Å². The van der Waals surface area contributed by atoms with E-state index in [1.54, 1.807) is 0 Å². The zero-order valence-corrected chi connectivity index (χ0v) is 10.6. The zero-order chi connectivity index (χ0) is 12.3. The molecule has 1 atom stereocenters. The number of ether oxygens (including phenoxy) is 1. The van der Waals surface area contributed by atoms with Crippen molar-refractivity contribution in [3.8, 4) is 6.07 Å². The van der Waals surface area contributed by atoms with Gasteiger partial charge in [-0.15, -0.1) is 0 Å². The van der Waals surface area contributed by atoms with Crippen LogP contribution in [0.4, 0.5) is 0 Å². The molecule has 0 aliphatic carbocycles. The zero-order valence-electron chi connectivity index (χ0n) is 10.6. The van der Waals surface area contributed by atoms with Gasteiger partial charge in [-0.2, -0.15) is 5.26 Å². The first kappa shape index (κ1) is 12.1. The molecule has 0 amide bonds.